The molecule has 0 saturated carbocycles. The van der Waals surface area contributed by atoms with E-state index < -0.39 is 33.3 Å². The molecule has 0 aromatic heterocycles. The lowest BCUT2D eigenvalue weighted by Crippen LogP contribution is -2.37. The molecule has 2 N–H and O–H groups in total. The smallest absolute Gasteiger partial charge is 0.194 e. The topological polar surface area (TPSA) is 63.4 Å². The van der Waals surface area contributed by atoms with Crippen LogP contribution in [-0.2, 0) is 16.4 Å². The Kier molecular flexibility index (Phi) is 3.50. The molecule has 2 atom stereocenters. The van der Waals surface area contributed by atoms with Crippen molar-refractivity contribution in [1.82, 2.24) is 4.90 Å². The van der Waals surface area contributed by atoms with E-state index in [1.807, 2.05) is 0 Å². The van der Waals surface area contributed by atoms with E-state index in [9.17, 15) is 21.6 Å². The molecule has 2 heterocycles. The molecule has 0 amide bonds. The summed E-state index contributed by atoms with van der Waals surface area (Å²) in [7, 11) is -3.10. The minimum Gasteiger partial charge on any atom is -0.329 e. The second-order valence-corrected chi connectivity index (χ2v) is 7.76. The number of rotatable bonds is 2. The largest absolute Gasteiger partial charge is 0.329 e. The van der Waals surface area contributed by atoms with Gasteiger partial charge in [-0.05, 0) is 18.1 Å². The molecule has 2 unspecified atom stereocenters. The van der Waals surface area contributed by atoms with Crippen LogP contribution in [0.25, 0.3) is 0 Å². The lowest BCUT2D eigenvalue weighted by atomic mass is 10.0. The van der Waals surface area contributed by atoms with E-state index in [1.54, 1.807) is 4.90 Å². The Morgan fingerprint density at radius 1 is 1.29 bits per heavy atom. The van der Waals surface area contributed by atoms with Crippen LogP contribution in [-0.4, -0.2) is 37.4 Å². The fraction of sp³-hybridized carbons (Fsp3) is 0.538. The van der Waals surface area contributed by atoms with Crippen LogP contribution in [0.3, 0.4) is 0 Å². The average Bonchev–Trinajstić information content (AvgIpc) is 2.96. The Hall–Kier alpha value is -1.12. The molecule has 2 aliphatic heterocycles. The van der Waals surface area contributed by atoms with Gasteiger partial charge < -0.3 is 5.73 Å². The highest BCUT2D eigenvalue weighted by molar-refractivity contribution is 7.91. The first-order chi connectivity index (χ1) is 9.84. The van der Waals surface area contributed by atoms with Gasteiger partial charge in [-0.1, -0.05) is 0 Å². The van der Waals surface area contributed by atoms with Gasteiger partial charge >= 0.3 is 0 Å². The first-order valence-electron chi connectivity index (χ1n) is 6.66. The molecule has 21 heavy (non-hydrogen) atoms. The second-order valence-electron chi connectivity index (χ2n) is 5.53. The summed E-state index contributed by atoms with van der Waals surface area (Å²) < 4.78 is 63.8. The first kappa shape index (κ1) is 14.8. The lowest BCUT2D eigenvalue weighted by Gasteiger charge is -2.29. The Labute approximate surface area is 120 Å². The highest BCUT2D eigenvalue weighted by Crippen LogP contribution is 2.39. The van der Waals surface area contributed by atoms with Crippen LogP contribution >= 0.6 is 0 Å². The van der Waals surface area contributed by atoms with Crippen LogP contribution in [0.5, 0.6) is 0 Å². The van der Waals surface area contributed by atoms with Gasteiger partial charge in [0.2, 0.25) is 0 Å². The summed E-state index contributed by atoms with van der Waals surface area (Å²) in [5.41, 5.74) is 6.08. The maximum Gasteiger partial charge on any atom is 0.194 e. The number of hydrogen-bond donors (Lipinski definition) is 1. The van der Waals surface area contributed by atoms with Crippen LogP contribution in [0, 0.1) is 17.5 Å². The van der Waals surface area contributed by atoms with Crippen molar-refractivity contribution in [3.63, 3.8) is 0 Å². The van der Waals surface area contributed by atoms with Gasteiger partial charge in [0.05, 0.1) is 11.5 Å². The summed E-state index contributed by atoms with van der Waals surface area (Å²) in [4.78, 5) is 1.75. The maximum absolute atomic E-state index is 13.9. The summed E-state index contributed by atoms with van der Waals surface area (Å²) in [5, 5.41) is 0. The van der Waals surface area contributed by atoms with Crippen molar-refractivity contribution >= 4 is 9.84 Å². The van der Waals surface area contributed by atoms with E-state index in [4.69, 9.17) is 5.73 Å². The van der Waals surface area contributed by atoms with E-state index >= 15 is 0 Å². The number of halogens is 3. The van der Waals surface area contributed by atoms with Gasteiger partial charge in [-0.3, -0.25) is 4.90 Å². The zero-order valence-electron chi connectivity index (χ0n) is 11.2. The van der Waals surface area contributed by atoms with Crippen LogP contribution in [0.2, 0.25) is 0 Å². The van der Waals surface area contributed by atoms with Gasteiger partial charge in [-0.15, -0.1) is 0 Å². The molecule has 0 spiro atoms. The van der Waals surface area contributed by atoms with Crippen LogP contribution in [0.1, 0.15) is 23.6 Å². The molecule has 3 rings (SSSR count). The predicted octanol–water partition coefficient (Wildman–Crippen LogP) is 1.11. The quantitative estimate of drug-likeness (QED) is 0.829. The Morgan fingerprint density at radius 3 is 2.57 bits per heavy atom. The van der Waals surface area contributed by atoms with E-state index in [0.29, 0.717) is 12.0 Å². The zero-order chi connectivity index (χ0) is 15.4. The number of fused-ring (bicyclic) bond motifs is 1. The fourth-order valence-corrected chi connectivity index (χ4v) is 5.01. The molecule has 2 aliphatic rings. The summed E-state index contributed by atoms with van der Waals surface area (Å²) >= 11 is 0. The first-order valence-corrected chi connectivity index (χ1v) is 8.48. The van der Waals surface area contributed by atoms with Crippen molar-refractivity contribution in [1.29, 1.82) is 0 Å². The van der Waals surface area contributed by atoms with Crippen LogP contribution < -0.4 is 5.73 Å². The Morgan fingerprint density at radius 2 is 2.00 bits per heavy atom. The molecule has 1 aromatic rings. The third-order valence-electron chi connectivity index (χ3n) is 4.30. The van der Waals surface area contributed by atoms with Gasteiger partial charge in [0, 0.05) is 30.7 Å². The molecular weight excluding hydrogens is 305 g/mol. The third kappa shape index (κ3) is 2.35. The molecule has 0 bridgehead atoms. The van der Waals surface area contributed by atoms with Crippen molar-refractivity contribution in [2.45, 2.75) is 25.0 Å². The average molecular weight is 320 g/mol. The van der Waals surface area contributed by atoms with Crippen LogP contribution in [0.4, 0.5) is 13.2 Å². The number of benzene rings is 1. The second kappa shape index (κ2) is 4.96. The van der Waals surface area contributed by atoms with Crippen molar-refractivity contribution in [3.8, 4) is 0 Å². The number of nitrogens with two attached hydrogens (primary N) is 1. The third-order valence-corrected chi connectivity index (χ3v) is 6.05. The van der Waals surface area contributed by atoms with Crippen molar-refractivity contribution < 1.29 is 21.6 Å². The van der Waals surface area contributed by atoms with Crippen molar-refractivity contribution in [2.24, 2.45) is 5.73 Å². The molecular formula is C13H15F3N2O2S. The molecule has 1 aromatic carbocycles. The van der Waals surface area contributed by atoms with E-state index in [-0.39, 0.29) is 36.2 Å². The Bertz CT molecular complexity index is 693. The molecule has 0 radical (unpaired) electrons. The standard InChI is InChI=1S/C13H15F3N2O2S/c14-10-3-8-9(12(15)13(10)16)5-18(11(8)4-17)7-1-2-21(19,20)6-7/h3,7,11H,1-2,4-6,17H2. The Balaban J connectivity index is 1.99. The summed E-state index contributed by atoms with van der Waals surface area (Å²) in [6.07, 6.45) is 0.430. The highest BCUT2D eigenvalue weighted by atomic mass is 32.2. The van der Waals surface area contributed by atoms with Crippen LogP contribution in [0.15, 0.2) is 6.07 Å². The molecule has 4 nitrogen and oxygen atoms in total. The number of nitrogens with zero attached hydrogens (tertiary/aromatic N) is 1. The fourth-order valence-electron chi connectivity index (χ4n) is 3.26. The summed E-state index contributed by atoms with van der Waals surface area (Å²) in [5.74, 6) is -3.89. The van der Waals surface area contributed by atoms with Gasteiger partial charge in [0.15, 0.2) is 27.3 Å². The summed E-state index contributed by atoms with van der Waals surface area (Å²) in [6.45, 7) is 0.147. The minimum absolute atomic E-state index is 0.0237. The SMILES string of the molecule is NCC1c2cc(F)c(F)c(F)c2CN1C1CCS(=O)(=O)C1. The lowest BCUT2D eigenvalue weighted by molar-refractivity contribution is 0.163. The zero-order valence-corrected chi connectivity index (χ0v) is 12.0. The predicted molar refractivity (Wildman–Crippen MR) is 70.7 cm³/mol. The summed E-state index contributed by atoms with van der Waals surface area (Å²) in [6, 6.07) is 0.193. The minimum atomic E-state index is -3.10. The molecule has 1 saturated heterocycles. The maximum atomic E-state index is 13.9. The van der Waals surface area contributed by atoms with Crippen molar-refractivity contribution in [2.75, 3.05) is 18.1 Å². The molecule has 116 valence electrons. The molecule has 0 aliphatic carbocycles. The van der Waals surface area contributed by atoms with Gasteiger partial charge in [-0.2, -0.15) is 0 Å². The van der Waals surface area contributed by atoms with Gasteiger partial charge in [0.1, 0.15) is 0 Å². The van der Waals surface area contributed by atoms with Gasteiger partial charge in [-0.25, -0.2) is 21.6 Å². The van der Waals surface area contributed by atoms with Crippen molar-refractivity contribution in [3.05, 3.63) is 34.6 Å². The number of sulfone groups is 1. The normalized spacial score (nSPS) is 28.0. The molecule has 8 heteroatoms. The van der Waals surface area contributed by atoms with E-state index in [0.717, 1.165) is 6.07 Å². The van der Waals surface area contributed by atoms with Gasteiger partial charge in [0.25, 0.3) is 0 Å². The number of hydrogen-bond acceptors (Lipinski definition) is 4. The molecule has 1 fully saturated rings. The van der Waals surface area contributed by atoms with E-state index in [1.165, 1.54) is 0 Å². The highest BCUT2D eigenvalue weighted by Gasteiger charge is 2.41. The van der Waals surface area contributed by atoms with E-state index in [2.05, 4.69) is 0 Å². The monoisotopic (exact) mass is 320 g/mol.